The Kier molecular flexibility index (Phi) is 64.7. The number of hydrogen-bond donors (Lipinski definition) is 0. The van der Waals surface area contributed by atoms with Gasteiger partial charge < -0.3 is 14.2 Å². The molecule has 1 atom stereocenters. The summed E-state index contributed by atoms with van der Waals surface area (Å²) in [6, 6.07) is 0. The highest BCUT2D eigenvalue weighted by Crippen LogP contribution is 2.17. The summed E-state index contributed by atoms with van der Waals surface area (Å²) in [4.78, 5) is 38.3. The number of allylic oxidation sites excluding steroid dienone is 16. The van der Waals surface area contributed by atoms with E-state index in [0.29, 0.717) is 19.3 Å². The van der Waals surface area contributed by atoms with E-state index in [9.17, 15) is 14.4 Å². The molecular weight excluding hydrogens is 985 g/mol. The highest BCUT2D eigenvalue weighted by molar-refractivity contribution is 5.71. The van der Waals surface area contributed by atoms with Crippen LogP contribution in [-0.4, -0.2) is 37.2 Å². The van der Waals surface area contributed by atoms with Crippen LogP contribution in [0.15, 0.2) is 97.2 Å². The molecule has 0 amide bonds. The van der Waals surface area contributed by atoms with Crippen molar-refractivity contribution in [2.45, 2.75) is 341 Å². The number of hydrogen-bond acceptors (Lipinski definition) is 6. The number of carbonyl (C=O) groups excluding carboxylic acids is 3. The van der Waals surface area contributed by atoms with Crippen molar-refractivity contribution < 1.29 is 28.6 Å². The summed E-state index contributed by atoms with van der Waals surface area (Å²) in [5.74, 6) is -0.881. The van der Waals surface area contributed by atoms with Crippen molar-refractivity contribution in [3.8, 4) is 0 Å². The highest BCUT2D eigenvalue weighted by Gasteiger charge is 2.19. The van der Waals surface area contributed by atoms with Crippen LogP contribution in [0.1, 0.15) is 335 Å². The zero-order valence-corrected chi connectivity index (χ0v) is 52.8. The van der Waals surface area contributed by atoms with Crippen LogP contribution in [0, 0.1) is 0 Å². The van der Waals surface area contributed by atoms with Gasteiger partial charge in [0.2, 0.25) is 0 Å². The third kappa shape index (κ3) is 65.1. The van der Waals surface area contributed by atoms with E-state index in [2.05, 4.69) is 118 Å². The third-order valence-corrected chi connectivity index (χ3v) is 14.8. The van der Waals surface area contributed by atoms with Crippen LogP contribution < -0.4 is 0 Å². The first kappa shape index (κ1) is 76.3. The molecule has 0 aromatic heterocycles. The fourth-order valence-corrected chi connectivity index (χ4v) is 9.78. The van der Waals surface area contributed by atoms with Crippen molar-refractivity contribution in [2.75, 3.05) is 13.2 Å². The Bertz CT molecular complexity index is 1560. The normalized spacial score (nSPS) is 12.7. The average molecular weight is 1110 g/mol. The van der Waals surface area contributed by atoms with E-state index in [1.165, 1.54) is 167 Å². The molecule has 0 rings (SSSR count). The Labute approximate surface area is 496 Å². The second-order valence-corrected chi connectivity index (χ2v) is 22.7. The number of ether oxygens (including phenoxy) is 3. The Morgan fingerprint density at radius 3 is 0.762 bits per heavy atom. The summed E-state index contributed by atoms with van der Waals surface area (Å²) in [6.07, 6.45) is 91.6. The summed E-state index contributed by atoms with van der Waals surface area (Å²) >= 11 is 0. The molecule has 0 aliphatic rings. The minimum atomic E-state index is -0.783. The van der Waals surface area contributed by atoms with Gasteiger partial charge in [0.05, 0.1) is 0 Å². The van der Waals surface area contributed by atoms with Gasteiger partial charge in [-0.15, -0.1) is 0 Å². The van der Waals surface area contributed by atoms with Crippen LogP contribution in [0.4, 0.5) is 0 Å². The molecule has 0 N–H and O–H groups in total. The predicted molar refractivity (Wildman–Crippen MR) is 348 cm³/mol. The second kappa shape index (κ2) is 67.8. The second-order valence-electron chi connectivity index (χ2n) is 22.7. The van der Waals surface area contributed by atoms with Gasteiger partial charge in [-0.1, -0.05) is 317 Å². The monoisotopic (exact) mass is 1110 g/mol. The fraction of sp³-hybridized carbons (Fsp3) is 0.743. The Morgan fingerprint density at radius 1 is 0.263 bits per heavy atom. The van der Waals surface area contributed by atoms with Crippen LogP contribution in [0.2, 0.25) is 0 Å². The van der Waals surface area contributed by atoms with Crippen LogP contribution in [0.25, 0.3) is 0 Å². The summed E-state index contributed by atoms with van der Waals surface area (Å²) in [5, 5.41) is 0. The maximum atomic E-state index is 12.9. The first-order valence-electron chi connectivity index (χ1n) is 34.2. The molecule has 6 heteroatoms. The summed E-state index contributed by atoms with van der Waals surface area (Å²) in [7, 11) is 0. The largest absolute Gasteiger partial charge is 0.462 e. The Balaban J connectivity index is 4.10. The van der Waals surface area contributed by atoms with Crippen LogP contribution in [0.3, 0.4) is 0 Å². The van der Waals surface area contributed by atoms with Gasteiger partial charge in [-0.2, -0.15) is 0 Å². The van der Waals surface area contributed by atoms with Crippen molar-refractivity contribution in [3.63, 3.8) is 0 Å². The molecule has 0 radical (unpaired) electrons. The molecular formula is C74H128O6. The summed E-state index contributed by atoms with van der Waals surface area (Å²) < 4.78 is 16.9. The van der Waals surface area contributed by atoms with Gasteiger partial charge in [0.25, 0.3) is 0 Å². The van der Waals surface area contributed by atoms with Crippen molar-refractivity contribution in [1.82, 2.24) is 0 Å². The van der Waals surface area contributed by atoms with Crippen LogP contribution in [-0.2, 0) is 28.6 Å². The topological polar surface area (TPSA) is 78.9 Å². The van der Waals surface area contributed by atoms with E-state index in [1.54, 1.807) is 0 Å². The zero-order valence-electron chi connectivity index (χ0n) is 52.8. The molecule has 460 valence electrons. The molecule has 0 saturated heterocycles. The molecule has 0 aliphatic carbocycles. The van der Waals surface area contributed by atoms with E-state index in [-0.39, 0.29) is 31.1 Å². The molecule has 0 spiro atoms. The first-order valence-corrected chi connectivity index (χ1v) is 34.2. The summed E-state index contributed by atoms with van der Waals surface area (Å²) in [5.41, 5.74) is 0. The number of carbonyl (C=O) groups is 3. The molecule has 0 aromatic rings. The van der Waals surface area contributed by atoms with E-state index >= 15 is 0 Å². The molecule has 0 aliphatic heterocycles. The molecule has 6 nitrogen and oxygen atoms in total. The number of esters is 3. The lowest BCUT2D eigenvalue weighted by atomic mass is 10.0. The minimum Gasteiger partial charge on any atom is -0.462 e. The van der Waals surface area contributed by atoms with Gasteiger partial charge in [-0.3, -0.25) is 14.4 Å². The summed E-state index contributed by atoms with van der Waals surface area (Å²) in [6.45, 7) is 6.43. The molecule has 80 heavy (non-hydrogen) atoms. The zero-order chi connectivity index (χ0) is 57.8. The molecule has 0 saturated carbocycles. The van der Waals surface area contributed by atoms with Crippen molar-refractivity contribution in [1.29, 1.82) is 0 Å². The van der Waals surface area contributed by atoms with Crippen LogP contribution >= 0.6 is 0 Å². The van der Waals surface area contributed by atoms with Gasteiger partial charge >= 0.3 is 17.9 Å². The van der Waals surface area contributed by atoms with Gasteiger partial charge in [0, 0.05) is 19.3 Å². The van der Waals surface area contributed by atoms with Crippen molar-refractivity contribution >= 4 is 17.9 Å². The van der Waals surface area contributed by atoms with Crippen molar-refractivity contribution in [3.05, 3.63) is 97.2 Å². The van der Waals surface area contributed by atoms with E-state index in [1.807, 2.05) is 0 Å². The number of rotatable bonds is 62. The minimum absolute atomic E-state index is 0.0791. The third-order valence-electron chi connectivity index (χ3n) is 14.8. The van der Waals surface area contributed by atoms with Gasteiger partial charge in [-0.05, 0) is 96.3 Å². The van der Waals surface area contributed by atoms with Gasteiger partial charge in [-0.25, -0.2) is 0 Å². The number of unbranched alkanes of at least 4 members (excludes halogenated alkanes) is 35. The lowest BCUT2D eigenvalue weighted by molar-refractivity contribution is -0.167. The Morgan fingerprint density at radius 2 is 0.487 bits per heavy atom. The lowest BCUT2D eigenvalue weighted by Crippen LogP contribution is -2.30. The molecule has 0 fully saturated rings. The quantitative estimate of drug-likeness (QED) is 0.0261. The molecule has 0 heterocycles. The highest BCUT2D eigenvalue weighted by atomic mass is 16.6. The standard InChI is InChI=1S/C74H128O6/c1-4-7-10-13-16-19-22-25-27-28-29-30-31-32-33-34-35-36-37-38-39-40-41-42-43-44-45-46-48-49-52-55-58-61-64-67-73(76)79-70-71(69-78-72(75)66-63-60-57-54-51-24-21-18-15-12-9-6-3)80-74(77)68-65-62-59-56-53-50-47-26-23-20-17-14-11-8-5-2/h7-8,10-11,16-17,19-20,25-27,29-30,32-33,47,71H,4-6,9,12-15,18,21-24,28,31,34-46,48-70H2,1-3H3/b10-7-,11-8-,19-16-,20-17-,27-25-,30-29-,33-32-,47-26-. The first-order chi connectivity index (χ1) is 39.5. The van der Waals surface area contributed by atoms with E-state index in [0.717, 1.165) is 128 Å². The lowest BCUT2D eigenvalue weighted by Gasteiger charge is -2.18. The smallest absolute Gasteiger partial charge is 0.306 e. The van der Waals surface area contributed by atoms with Gasteiger partial charge in [0.15, 0.2) is 6.10 Å². The fourth-order valence-electron chi connectivity index (χ4n) is 9.78. The maximum absolute atomic E-state index is 12.9. The maximum Gasteiger partial charge on any atom is 0.306 e. The van der Waals surface area contributed by atoms with Crippen LogP contribution in [0.5, 0.6) is 0 Å². The van der Waals surface area contributed by atoms with E-state index < -0.39 is 6.10 Å². The predicted octanol–water partition coefficient (Wildman–Crippen LogP) is 23.6. The molecule has 0 bridgehead atoms. The molecule has 0 aromatic carbocycles. The van der Waals surface area contributed by atoms with Crippen molar-refractivity contribution in [2.24, 2.45) is 0 Å². The van der Waals surface area contributed by atoms with E-state index in [4.69, 9.17) is 14.2 Å². The average Bonchev–Trinajstić information content (AvgIpc) is 3.46. The molecule has 1 unspecified atom stereocenters. The Hall–Kier alpha value is -3.67. The van der Waals surface area contributed by atoms with Gasteiger partial charge in [0.1, 0.15) is 13.2 Å². The SMILES string of the molecule is CC/C=C\C/C=C\C/C=C\C/C=C\C/C=C\CCCCCCCCCCCCCCCCCCCCCC(=O)OCC(COC(=O)CCCCCCCCCCCCCC)OC(=O)CCCCCCC/C=C\C/C=C\C/C=C\CC.